The number of nitrogens with one attached hydrogen (secondary N) is 1. The van der Waals surface area contributed by atoms with Crippen molar-refractivity contribution in [2.45, 2.75) is 6.92 Å². The van der Waals surface area contributed by atoms with Crippen molar-refractivity contribution in [3.05, 3.63) is 85.6 Å². The molecule has 0 saturated heterocycles. The molecule has 0 unspecified atom stereocenters. The summed E-state index contributed by atoms with van der Waals surface area (Å²) in [4.78, 5) is 28.7. The van der Waals surface area contributed by atoms with E-state index in [9.17, 15) is 14.9 Å². The van der Waals surface area contributed by atoms with Crippen LogP contribution < -0.4 is 10.9 Å². The number of allylic oxidation sites excluding steroid dienone is 1. The number of rotatable bonds is 6. The number of fused-ring (bicyclic) bond motifs is 1. The van der Waals surface area contributed by atoms with Gasteiger partial charge in [0.05, 0.1) is 23.4 Å². The average molecular weight is 522 g/mol. The zero-order chi connectivity index (χ0) is 23.4. The summed E-state index contributed by atoms with van der Waals surface area (Å²) in [6.07, 6.45) is 1.53. The normalized spacial score (nSPS) is 11.2. The molecule has 0 bridgehead atoms. The SMILES string of the molecule is CCOC(=O)c1ccc(N/C=C(/C#N)c2nc(-c3cc4cc(Br)ccc4oc3=O)cs2)cc1. The van der Waals surface area contributed by atoms with E-state index in [4.69, 9.17) is 9.15 Å². The summed E-state index contributed by atoms with van der Waals surface area (Å²) in [5.74, 6) is -0.391. The van der Waals surface area contributed by atoms with Crippen molar-refractivity contribution in [2.24, 2.45) is 0 Å². The van der Waals surface area contributed by atoms with Gasteiger partial charge in [-0.2, -0.15) is 5.26 Å². The van der Waals surface area contributed by atoms with Gasteiger partial charge in [0.1, 0.15) is 22.2 Å². The van der Waals surface area contributed by atoms with E-state index in [1.54, 1.807) is 54.8 Å². The second kappa shape index (κ2) is 9.81. The zero-order valence-electron chi connectivity index (χ0n) is 17.3. The number of carbonyl (C=O) groups excluding carboxylic acids is 1. The molecule has 7 nitrogen and oxygen atoms in total. The number of hydrogen-bond donors (Lipinski definition) is 1. The fraction of sp³-hybridized carbons (Fsp3) is 0.0833. The number of esters is 1. The topological polar surface area (TPSA) is 105 Å². The number of hydrogen-bond acceptors (Lipinski definition) is 8. The summed E-state index contributed by atoms with van der Waals surface area (Å²) in [7, 11) is 0. The van der Waals surface area contributed by atoms with E-state index in [-0.39, 0.29) is 0 Å². The van der Waals surface area contributed by atoms with E-state index in [1.165, 1.54) is 17.5 Å². The molecule has 2 heterocycles. The van der Waals surface area contributed by atoms with E-state index in [2.05, 4.69) is 32.3 Å². The molecule has 4 rings (SSSR count). The number of carbonyl (C=O) groups is 1. The van der Waals surface area contributed by atoms with Crippen molar-refractivity contribution in [3.8, 4) is 17.3 Å². The van der Waals surface area contributed by atoms with Crippen LogP contribution in [0.15, 0.2) is 73.8 Å². The smallest absolute Gasteiger partial charge is 0.345 e. The van der Waals surface area contributed by atoms with Gasteiger partial charge in [-0.05, 0) is 55.5 Å². The van der Waals surface area contributed by atoms with Gasteiger partial charge in [-0.25, -0.2) is 14.6 Å². The van der Waals surface area contributed by atoms with Crippen LogP contribution in [-0.2, 0) is 4.74 Å². The molecule has 0 amide bonds. The van der Waals surface area contributed by atoms with E-state index in [0.717, 1.165) is 9.86 Å². The van der Waals surface area contributed by atoms with Crippen LogP contribution in [0.4, 0.5) is 5.69 Å². The molecular formula is C24H16BrN3O4S. The lowest BCUT2D eigenvalue weighted by atomic mass is 10.1. The highest BCUT2D eigenvalue weighted by molar-refractivity contribution is 9.10. The quantitative estimate of drug-likeness (QED) is 0.193. The number of thiazole rings is 1. The highest BCUT2D eigenvalue weighted by Crippen LogP contribution is 2.27. The molecule has 0 atom stereocenters. The van der Waals surface area contributed by atoms with Gasteiger partial charge in [0.15, 0.2) is 0 Å². The Labute approximate surface area is 201 Å². The predicted molar refractivity (Wildman–Crippen MR) is 131 cm³/mol. The second-order valence-corrected chi connectivity index (χ2v) is 8.55. The Hall–Kier alpha value is -3.74. The van der Waals surface area contributed by atoms with Crippen molar-refractivity contribution in [3.63, 3.8) is 0 Å². The average Bonchev–Trinajstić information content (AvgIpc) is 3.29. The van der Waals surface area contributed by atoms with Gasteiger partial charge in [-0.1, -0.05) is 15.9 Å². The number of halogens is 1. The monoisotopic (exact) mass is 521 g/mol. The van der Waals surface area contributed by atoms with Gasteiger partial charge in [0.2, 0.25) is 0 Å². The molecule has 0 fully saturated rings. The van der Waals surface area contributed by atoms with E-state index < -0.39 is 11.6 Å². The van der Waals surface area contributed by atoms with Crippen LogP contribution in [0.5, 0.6) is 0 Å². The summed E-state index contributed by atoms with van der Waals surface area (Å²) in [6, 6.07) is 15.9. The number of anilines is 1. The van der Waals surface area contributed by atoms with Gasteiger partial charge in [0, 0.05) is 27.1 Å². The van der Waals surface area contributed by atoms with Crippen LogP contribution in [-0.4, -0.2) is 17.6 Å². The Kier molecular flexibility index (Phi) is 6.68. The molecule has 0 aliphatic rings. The van der Waals surface area contributed by atoms with Crippen molar-refractivity contribution in [1.82, 2.24) is 4.98 Å². The maximum Gasteiger partial charge on any atom is 0.345 e. The fourth-order valence-electron chi connectivity index (χ4n) is 3.01. The summed E-state index contributed by atoms with van der Waals surface area (Å²) in [5, 5.41) is 15.6. The van der Waals surface area contributed by atoms with Crippen LogP contribution >= 0.6 is 27.3 Å². The molecule has 1 N–H and O–H groups in total. The van der Waals surface area contributed by atoms with Gasteiger partial charge in [-0.15, -0.1) is 11.3 Å². The molecule has 4 aromatic rings. The number of benzene rings is 2. The standard InChI is InChI=1S/C24H16BrN3O4S/c1-2-31-23(29)14-3-6-18(7-4-14)27-12-16(11-26)22-28-20(13-33-22)19-10-15-9-17(25)5-8-21(15)32-24(19)30/h3-10,12-13,27H,2H2,1H3/b16-12-. The first-order valence-corrected chi connectivity index (χ1v) is 11.5. The highest BCUT2D eigenvalue weighted by atomic mass is 79.9. The number of ether oxygens (including phenoxy) is 1. The van der Waals surface area contributed by atoms with Crippen LogP contribution in [0.1, 0.15) is 22.3 Å². The van der Waals surface area contributed by atoms with Crippen LogP contribution in [0, 0.1) is 11.3 Å². The molecule has 9 heteroatoms. The first-order chi connectivity index (χ1) is 16.0. The number of aromatic nitrogens is 1. The minimum absolute atomic E-state index is 0.300. The summed E-state index contributed by atoms with van der Waals surface area (Å²) < 4.78 is 11.2. The molecule has 2 aromatic carbocycles. The summed E-state index contributed by atoms with van der Waals surface area (Å²) >= 11 is 4.66. The van der Waals surface area contributed by atoms with Gasteiger partial charge in [0.25, 0.3) is 0 Å². The molecule has 2 aromatic heterocycles. The maximum absolute atomic E-state index is 12.5. The van der Waals surface area contributed by atoms with Crippen molar-refractivity contribution in [2.75, 3.05) is 11.9 Å². The summed E-state index contributed by atoms with van der Waals surface area (Å²) in [6.45, 7) is 2.05. The third-order valence-electron chi connectivity index (χ3n) is 4.60. The summed E-state index contributed by atoms with van der Waals surface area (Å²) in [5.41, 5.74) is 2.18. The van der Waals surface area contributed by atoms with Gasteiger partial charge in [-0.3, -0.25) is 0 Å². The Morgan fingerprint density at radius 3 is 2.79 bits per heavy atom. The molecule has 0 aliphatic heterocycles. The highest BCUT2D eigenvalue weighted by Gasteiger charge is 2.14. The zero-order valence-corrected chi connectivity index (χ0v) is 19.7. The van der Waals surface area contributed by atoms with Crippen molar-refractivity contribution in [1.29, 1.82) is 5.26 Å². The lowest BCUT2D eigenvalue weighted by Gasteiger charge is -2.04. The Bertz CT molecular complexity index is 1470. The molecule has 0 aliphatic carbocycles. The Morgan fingerprint density at radius 2 is 2.06 bits per heavy atom. The van der Waals surface area contributed by atoms with Crippen LogP contribution in [0.2, 0.25) is 0 Å². The molecule has 0 spiro atoms. The third-order valence-corrected chi connectivity index (χ3v) is 5.97. The minimum Gasteiger partial charge on any atom is -0.462 e. The number of nitrogens with zero attached hydrogens (tertiary/aromatic N) is 2. The fourth-order valence-corrected chi connectivity index (χ4v) is 4.17. The second-order valence-electron chi connectivity index (χ2n) is 6.78. The largest absolute Gasteiger partial charge is 0.462 e. The molecule has 33 heavy (non-hydrogen) atoms. The predicted octanol–water partition coefficient (Wildman–Crippen LogP) is 5.83. The van der Waals surface area contributed by atoms with E-state index in [1.807, 2.05) is 6.07 Å². The van der Waals surface area contributed by atoms with Gasteiger partial charge >= 0.3 is 11.6 Å². The van der Waals surface area contributed by atoms with E-state index in [0.29, 0.717) is 45.3 Å². The third kappa shape index (κ3) is 5.03. The lowest BCUT2D eigenvalue weighted by Crippen LogP contribution is -2.04. The molecule has 164 valence electrons. The number of nitriles is 1. The Balaban J connectivity index is 1.57. The van der Waals surface area contributed by atoms with Crippen LogP contribution in [0.3, 0.4) is 0 Å². The first kappa shape index (κ1) is 22.5. The first-order valence-electron chi connectivity index (χ1n) is 9.82. The van der Waals surface area contributed by atoms with Crippen molar-refractivity contribution < 1.29 is 13.9 Å². The molecular weight excluding hydrogens is 506 g/mol. The van der Waals surface area contributed by atoms with Crippen molar-refractivity contribution >= 4 is 55.5 Å². The minimum atomic E-state index is -0.496. The molecule has 0 saturated carbocycles. The Morgan fingerprint density at radius 1 is 1.27 bits per heavy atom. The molecule has 0 radical (unpaired) electrons. The van der Waals surface area contributed by atoms with Gasteiger partial charge < -0.3 is 14.5 Å². The lowest BCUT2D eigenvalue weighted by molar-refractivity contribution is 0.0526. The maximum atomic E-state index is 12.5. The van der Waals surface area contributed by atoms with E-state index >= 15 is 0 Å². The van der Waals surface area contributed by atoms with Crippen LogP contribution in [0.25, 0.3) is 27.8 Å².